The van der Waals surface area contributed by atoms with Gasteiger partial charge in [-0.2, -0.15) is 0 Å². The number of ether oxygens (including phenoxy) is 1. The lowest BCUT2D eigenvalue weighted by atomic mass is 10.2. The largest absolute Gasteiger partial charge is 0.379 e. The van der Waals surface area contributed by atoms with Crippen molar-refractivity contribution in [3.05, 3.63) is 59.9 Å². The average molecular weight is 445 g/mol. The zero-order chi connectivity index (χ0) is 21.8. The quantitative estimate of drug-likeness (QED) is 0.460. The van der Waals surface area contributed by atoms with Gasteiger partial charge in [-0.1, -0.05) is 36.0 Å². The number of halogens is 2. The predicted octanol–water partition coefficient (Wildman–Crippen LogP) is 3.86. The number of para-hydroxylation sites is 2. The molecule has 1 amide bonds. The SMILES string of the molecule is CC(Sc1nc(CN2CCOCC2)nc2ccccc12)C(=O)Nc1c(F)cccc1F. The van der Waals surface area contributed by atoms with E-state index < -0.39 is 28.5 Å². The summed E-state index contributed by atoms with van der Waals surface area (Å²) in [5.74, 6) is -1.47. The number of nitrogens with zero attached hydrogens (tertiary/aromatic N) is 3. The van der Waals surface area contributed by atoms with Crippen molar-refractivity contribution in [2.45, 2.75) is 23.7 Å². The van der Waals surface area contributed by atoms with Crippen molar-refractivity contribution < 1.29 is 18.3 Å². The molecular formula is C22H22F2N4O2S. The monoisotopic (exact) mass is 444 g/mol. The summed E-state index contributed by atoms with van der Waals surface area (Å²) in [5.41, 5.74) is 0.344. The molecule has 4 rings (SSSR count). The zero-order valence-corrected chi connectivity index (χ0v) is 17.8. The number of thioether (sulfide) groups is 1. The second-order valence-corrected chi connectivity index (χ2v) is 8.53. The highest BCUT2D eigenvalue weighted by Crippen LogP contribution is 2.30. The van der Waals surface area contributed by atoms with Crippen molar-refractivity contribution in [2.24, 2.45) is 0 Å². The van der Waals surface area contributed by atoms with E-state index in [0.29, 0.717) is 30.6 Å². The fourth-order valence-corrected chi connectivity index (χ4v) is 4.23. The van der Waals surface area contributed by atoms with Gasteiger partial charge >= 0.3 is 0 Å². The maximum Gasteiger partial charge on any atom is 0.237 e. The van der Waals surface area contributed by atoms with Gasteiger partial charge in [-0.15, -0.1) is 0 Å². The van der Waals surface area contributed by atoms with Gasteiger partial charge in [0.25, 0.3) is 0 Å². The molecule has 1 aromatic heterocycles. The van der Waals surface area contributed by atoms with E-state index in [1.54, 1.807) is 6.92 Å². The van der Waals surface area contributed by atoms with E-state index in [4.69, 9.17) is 9.72 Å². The summed E-state index contributed by atoms with van der Waals surface area (Å²) in [6.45, 7) is 5.25. The molecule has 1 unspecified atom stereocenters. The number of amides is 1. The van der Waals surface area contributed by atoms with Crippen LogP contribution < -0.4 is 5.32 Å². The molecule has 0 aliphatic carbocycles. The fraction of sp³-hybridized carbons (Fsp3) is 0.318. The third-order valence-corrected chi connectivity index (χ3v) is 6.05. The van der Waals surface area contributed by atoms with Gasteiger partial charge in [0.2, 0.25) is 5.91 Å². The highest BCUT2D eigenvalue weighted by Gasteiger charge is 2.21. The molecule has 3 aromatic rings. The molecule has 0 saturated carbocycles. The topological polar surface area (TPSA) is 67.3 Å². The van der Waals surface area contributed by atoms with Crippen LogP contribution in [-0.2, 0) is 16.1 Å². The predicted molar refractivity (Wildman–Crippen MR) is 116 cm³/mol. The van der Waals surface area contributed by atoms with E-state index in [1.165, 1.54) is 17.8 Å². The van der Waals surface area contributed by atoms with Crippen molar-refractivity contribution in [3.63, 3.8) is 0 Å². The summed E-state index contributed by atoms with van der Waals surface area (Å²) in [7, 11) is 0. The number of nitrogens with one attached hydrogen (secondary N) is 1. The van der Waals surface area contributed by atoms with Crippen LogP contribution in [0.3, 0.4) is 0 Å². The Morgan fingerprint density at radius 2 is 1.84 bits per heavy atom. The molecule has 1 aliphatic heterocycles. The highest BCUT2D eigenvalue weighted by molar-refractivity contribution is 8.00. The summed E-state index contributed by atoms with van der Waals surface area (Å²) in [5, 5.41) is 3.21. The van der Waals surface area contributed by atoms with Gasteiger partial charge in [-0.3, -0.25) is 9.69 Å². The lowest BCUT2D eigenvalue weighted by molar-refractivity contribution is -0.115. The number of aromatic nitrogens is 2. The van der Waals surface area contributed by atoms with Crippen LogP contribution in [0.1, 0.15) is 12.7 Å². The number of fused-ring (bicyclic) bond motifs is 1. The Kier molecular flexibility index (Phi) is 6.74. The first-order chi connectivity index (χ1) is 15.0. The number of anilines is 1. The number of carbonyl (C=O) groups excluding carboxylic acids is 1. The molecule has 31 heavy (non-hydrogen) atoms. The number of benzene rings is 2. The van der Waals surface area contributed by atoms with Crippen LogP contribution in [0, 0.1) is 11.6 Å². The van der Waals surface area contributed by atoms with Crippen LogP contribution in [0.25, 0.3) is 10.9 Å². The Morgan fingerprint density at radius 3 is 2.58 bits per heavy atom. The Balaban J connectivity index is 1.55. The van der Waals surface area contributed by atoms with Crippen LogP contribution in [-0.4, -0.2) is 52.3 Å². The van der Waals surface area contributed by atoms with Crippen LogP contribution in [0.15, 0.2) is 47.5 Å². The molecule has 0 radical (unpaired) electrons. The normalized spacial score (nSPS) is 15.7. The number of hydrogen-bond donors (Lipinski definition) is 1. The number of rotatable bonds is 6. The number of morpholine rings is 1. The molecule has 2 aromatic carbocycles. The molecule has 1 saturated heterocycles. The molecule has 6 nitrogen and oxygen atoms in total. The maximum atomic E-state index is 13.9. The Bertz CT molecular complexity index is 1070. The van der Waals surface area contributed by atoms with Crippen molar-refractivity contribution in [1.29, 1.82) is 0 Å². The van der Waals surface area contributed by atoms with Crippen molar-refractivity contribution in [1.82, 2.24) is 14.9 Å². The Morgan fingerprint density at radius 1 is 1.13 bits per heavy atom. The second kappa shape index (κ2) is 9.67. The summed E-state index contributed by atoms with van der Waals surface area (Å²) in [4.78, 5) is 24.2. The van der Waals surface area contributed by atoms with E-state index in [2.05, 4.69) is 15.2 Å². The molecule has 2 heterocycles. The van der Waals surface area contributed by atoms with E-state index in [1.807, 2.05) is 24.3 Å². The zero-order valence-electron chi connectivity index (χ0n) is 17.0. The number of carbonyl (C=O) groups is 1. The van der Waals surface area contributed by atoms with Crippen LogP contribution >= 0.6 is 11.8 Å². The van der Waals surface area contributed by atoms with Gasteiger partial charge in [0.05, 0.1) is 30.5 Å². The van der Waals surface area contributed by atoms with Gasteiger partial charge in [0, 0.05) is 18.5 Å². The molecule has 9 heteroatoms. The molecule has 1 fully saturated rings. The summed E-state index contributed by atoms with van der Waals surface area (Å²) >= 11 is 1.24. The smallest absolute Gasteiger partial charge is 0.237 e. The van der Waals surface area contributed by atoms with Crippen LogP contribution in [0.4, 0.5) is 14.5 Å². The van der Waals surface area contributed by atoms with Gasteiger partial charge < -0.3 is 10.1 Å². The molecular weight excluding hydrogens is 422 g/mol. The molecule has 162 valence electrons. The van der Waals surface area contributed by atoms with Gasteiger partial charge in [-0.05, 0) is 25.1 Å². The minimum atomic E-state index is -0.814. The molecule has 0 bridgehead atoms. The van der Waals surface area contributed by atoms with Crippen molar-refractivity contribution >= 4 is 34.3 Å². The van der Waals surface area contributed by atoms with E-state index in [0.717, 1.165) is 36.1 Å². The minimum absolute atomic E-state index is 0.444. The summed E-state index contributed by atoms with van der Waals surface area (Å²) in [6.07, 6.45) is 0. The Hall–Kier alpha value is -2.62. The van der Waals surface area contributed by atoms with Gasteiger partial charge in [0.15, 0.2) is 0 Å². The molecule has 1 atom stereocenters. The molecule has 1 N–H and O–H groups in total. The Labute approximate surface area is 183 Å². The van der Waals surface area contributed by atoms with Crippen molar-refractivity contribution in [3.8, 4) is 0 Å². The van der Waals surface area contributed by atoms with Crippen molar-refractivity contribution in [2.75, 3.05) is 31.6 Å². The highest BCUT2D eigenvalue weighted by atomic mass is 32.2. The number of hydrogen-bond acceptors (Lipinski definition) is 6. The van der Waals surface area contributed by atoms with Crippen LogP contribution in [0.5, 0.6) is 0 Å². The van der Waals surface area contributed by atoms with Gasteiger partial charge in [0.1, 0.15) is 28.2 Å². The average Bonchev–Trinajstić information content (AvgIpc) is 2.77. The second-order valence-electron chi connectivity index (χ2n) is 7.20. The van der Waals surface area contributed by atoms with Gasteiger partial charge in [-0.25, -0.2) is 18.7 Å². The minimum Gasteiger partial charge on any atom is -0.379 e. The first-order valence-electron chi connectivity index (χ1n) is 9.98. The molecule has 0 spiro atoms. The third kappa shape index (κ3) is 5.17. The fourth-order valence-electron chi connectivity index (χ4n) is 3.28. The maximum absolute atomic E-state index is 13.9. The first-order valence-corrected chi connectivity index (χ1v) is 10.9. The standard InChI is InChI=1S/C22H22F2N4O2S/c1-14(21(29)27-20-16(23)6-4-7-17(20)24)31-22-15-5-2-3-8-18(15)25-19(26-22)13-28-9-11-30-12-10-28/h2-8,14H,9-13H2,1H3,(H,27,29). The molecule has 1 aliphatic rings. The lowest BCUT2D eigenvalue weighted by Gasteiger charge is -2.26. The summed E-state index contributed by atoms with van der Waals surface area (Å²) in [6, 6.07) is 11.1. The third-order valence-electron chi connectivity index (χ3n) is 4.95. The summed E-state index contributed by atoms with van der Waals surface area (Å²) < 4.78 is 33.2. The lowest BCUT2D eigenvalue weighted by Crippen LogP contribution is -2.36. The van der Waals surface area contributed by atoms with E-state index in [9.17, 15) is 13.6 Å². The van der Waals surface area contributed by atoms with E-state index >= 15 is 0 Å². The van der Waals surface area contributed by atoms with E-state index in [-0.39, 0.29) is 0 Å². The van der Waals surface area contributed by atoms with Crippen LogP contribution in [0.2, 0.25) is 0 Å². The first kappa shape index (κ1) is 21.6.